The van der Waals surface area contributed by atoms with Crippen molar-refractivity contribution in [2.75, 3.05) is 6.54 Å². The molecule has 0 aromatic heterocycles. The second-order valence-corrected chi connectivity index (χ2v) is 7.49. The second kappa shape index (κ2) is 7.41. The van der Waals surface area contributed by atoms with E-state index in [1.807, 2.05) is 13.8 Å². The summed E-state index contributed by atoms with van der Waals surface area (Å²) in [5.41, 5.74) is 0. The number of hydrogen-bond donors (Lipinski definition) is 0. The Morgan fingerprint density at radius 3 is 2.26 bits per heavy atom. The number of benzene rings is 1. The fraction of sp³-hybridized carbons (Fsp3) is 0.571. The van der Waals surface area contributed by atoms with Crippen LogP contribution in [0.1, 0.15) is 40.0 Å². The topological polar surface area (TPSA) is 37.4 Å². The summed E-state index contributed by atoms with van der Waals surface area (Å²) in [4.78, 5) is 0.368. The Balaban J connectivity index is 3.07. The van der Waals surface area contributed by atoms with Crippen LogP contribution in [0, 0.1) is 0 Å². The molecule has 0 bridgehead atoms. The molecule has 1 unspecified atom stereocenters. The Morgan fingerprint density at radius 2 is 1.79 bits per heavy atom. The summed E-state index contributed by atoms with van der Waals surface area (Å²) >= 11 is 3.33. The van der Waals surface area contributed by atoms with E-state index in [2.05, 4.69) is 22.9 Å². The van der Waals surface area contributed by atoms with Gasteiger partial charge >= 0.3 is 0 Å². The molecule has 0 saturated heterocycles. The van der Waals surface area contributed by atoms with Crippen LogP contribution in [0.4, 0.5) is 0 Å². The first-order chi connectivity index (χ1) is 8.93. The molecule has 0 radical (unpaired) electrons. The van der Waals surface area contributed by atoms with Crippen LogP contribution < -0.4 is 0 Å². The largest absolute Gasteiger partial charge is 0.243 e. The van der Waals surface area contributed by atoms with Crippen LogP contribution in [0.5, 0.6) is 0 Å². The highest BCUT2D eigenvalue weighted by Crippen LogP contribution is 2.22. The first kappa shape index (κ1) is 16.7. The van der Waals surface area contributed by atoms with Gasteiger partial charge in [0.1, 0.15) is 0 Å². The van der Waals surface area contributed by atoms with E-state index in [1.165, 1.54) is 0 Å². The molecule has 1 aromatic rings. The summed E-state index contributed by atoms with van der Waals surface area (Å²) in [6.45, 7) is 6.64. The van der Waals surface area contributed by atoms with Gasteiger partial charge in [-0.15, -0.1) is 0 Å². The van der Waals surface area contributed by atoms with E-state index in [-0.39, 0.29) is 6.04 Å². The van der Waals surface area contributed by atoms with Gasteiger partial charge in [0.25, 0.3) is 0 Å². The number of unbranched alkanes of at least 4 members (excludes halogenated alkanes) is 1. The zero-order valence-electron chi connectivity index (χ0n) is 11.8. The molecule has 3 nitrogen and oxygen atoms in total. The van der Waals surface area contributed by atoms with Crippen molar-refractivity contribution in [3.05, 3.63) is 28.7 Å². The molecule has 0 spiro atoms. The standard InChI is InChI=1S/C14H22BrNO2S/c1-4-6-11-16(12(3)5-2)19(17,18)14-9-7-13(15)8-10-14/h7-10,12H,4-6,11H2,1-3H3. The smallest absolute Gasteiger partial charge is 0.207 e. The lowest BCUT2D eigenvalue weighted by Gasteiger charge is -2.27. The first-order valence-electron chi connectivity index (χ1n) is 6.70. The minimum atomic E-state index is -3.39. The van der Waals surface area contributed by atoms with Crippen LogP contribution in [-0.4, -0.2) is 25.3 Å². The van der Waals surface area contributed by atoms with Crippen LogP contribution in [0.25, 0.3) is 0 Å². The summed E-state index contributed by atoms with van der Waals surface area (Å²) < 4.78 is 27.8. The van der Waals surface area contributed by atoms with Crippen molar-refractivity contribution in [1.29, 1.82) is 0 Å². The Kier molecular flexibility index (Phi) is 6.50. The molecule has 0 aliphatic heterocycles. The van der Waals surface area contributed by atoms with E-state index in [0.29, 0.717) is 11.4 Å². The Hall–Kier alpha value is -0.390. The summed E-state index contributed by atoms with van der Waals surface area (Å²) in [5, 5.41) is 0. The zero-order valence-corrected chi connectivity index (χ0v) is 14.2. The highest BCUT2D eigenvalue weighted by Gasteiger charge is 2.27. The number of hydrogen-bond acceptors (Lipinski definition) is 2. The molecule has 0 saturated carbocycles. The van der Waals surface area contributed by atoms with Gasteiger partial charge in [0, 0.05) is 17.1 Å². The minimum absolute atomic E-state index is 0.0280. The molecule has 0 amide bonds. The molecule has 1 atom stereocenters. The molecule has 5 heteroatoms. The van der Waals surface area contributed by atoms with Crippen molar-refractivity contribution < 1.29 is 8.42 Å². The maximum Gasteiger partial charge on any atom is 0.243 e. The molecule has 0 N–H and O–H groups in total. The molecule has 0 aliphatic rings. The van der Waals surface area contributed by atoms with E-state index >= 15 is 0 Å². The third-order valence-corrected chi connectivity index (χ3v) is 5.79. The van der Waals surface area contributed by atoms with Gasteiger partial charge in [-0.2, -0.15) is 4.31 Å². The van der Waals surface area contributed by atoms with Crippen LogP contribution >= 0.6 is 15.9 Å². The Labute approximate surface area is 125 Å². The van der Waals surface area contributed by atoms with Crippen molar-refractivity contribution in [1.82, 2.24) is 4.31 Å². The molecule has 0 heterocycles. The van der Waals surface area contributed by atoms with Crippen molar-refractivity contribution in [3.8, 4) is 0 Å². The van der Waals surface area contributed by atoms with E-state index in [4.69, 9.17) is 0 Å². The summed E-state index contributed by atoms with van der Waals surface area (Å²) in [7, 11) is -3.39. The van der Waals surface area contributed by atoms with Crippen molar-refractivity contribution in [2.24, 2.45) is 0 Å². The van der Waals surface area contributed by atoms with Gasteiger partial charge in [0.2, 0.25) is 10.0 Å². The van der Waals surface area contributed by atoms with Gasteiger partial charge in [-0.05, 0) is 44.0 Å². The van der Waals surface area contributed by atoms with Gasteiger partial charge in [-0.25, -0.2) is 8.42 Å². The molecular weight excluding hydrogens is 326 g/mol. The number of sulfonamides is 1. The maximum absolute atomic E-state index is 12.7. The average molecular weight is 348 g/mol. The van der Waals surface area contributed by atoms with Crippen molar-refractivity contribution >= 4 is 26.0 Å². The van der Waals surface area contributed by atoms with Gasteiger partial charge in [-0.1, -0.05) is 36.2 Å². The summed E-state index contributed by atoms with van der Waals surface area (Å²) in [5.74, 6) is 0. The predicted molar refractivity (Wildman–Crippen MR) is 82.7 cm³/mol. The van der Waals surface area contributed by atoms with Crippen molar-refractivity contribution in [2.45, 2.75) is 51.0 Å². The molecule has 108 valence electrons. The number of rotatable bonds is 7. The monoisotopic (exact) mass is 347 g/mol. The zero-order chi connectivity index (χ0) is 14.5. The number of halogens is 1. The molecule has 19 heavy (non-hydrogen) atoms. The van der Waals surface area contributed by atoms with Crippen LogP contribution in [0.15, 0.2) is 33.6 Å². The number of nitrogens with zero attached hydrogens (tertiary/aromatic N) is 1. The lowest BCUT2D eigenvalue weighted by molar-refractivity contribution is 0.324. The molecule has 0 fully saturated rings. The van der Waals surface area contributed by atoms with E-state index < -0.39 is 10.0 Å². The highest BCUT2D eigenvalue weighted by atomic mass is 79.9. The van der Waals surface area contributed by atoms with E-state index in [1.54, 1.807) is 28.6 Å². The normalized spacial score (nSPS) is 13.7. The Bertz CT molecular complexity index is 485. The highest BCUT2D eigenvalue weighted by molar-refractivity contribution is 9.10. The quantitative estimate of drug-likeness (QED) is 0.746. The van der Waals surface area contributed by atoms with Gasteiger partial charge in [0.05, 0.1) is 4.90 Å². The third-order valence-electron chi connectivity index (χ3n) is 3.23. The summed E-state index contributed by atoms with van der Waals surface area (Å²) in [6.07, 6.45) is 2.70. The Morgan fingerprint density at radius 1 is 1.21 bits per heavy atom. The first-order valence-corrected chi connectivity index (χ1v) is 8.94. The van der Waals surface area contributed by atoms with Crippen molar-refractivity contribution in [3.63, 3.8) is 0 Å². The van der Waals surface area contributed by atoms with Crippen LogP contribution in [0.3, 0.4) is 0 Å². The fourth-order valence-electron chi connectivity index (χ4n) is 1.84. The second-order valence-electron chi connectivity index (χ2n) is 4.68. The average Bonchev–Trinajstić information content (AvgIpc) is 2.39. The third kappa shape index (κ3) is 4.29. The lowest BCUT2D eigenvalue weighted by atomic mass is 10.2. The van der Waals surface area contributed by atoms with Gasteiger partial charge in [0.15, 0.2) is 0 Å². The predicted octanol–water partition coefficient (Wildman–Crippen LogP) is 4.04. The van der Waals surface area contributed by atoms with Crippen LogP contribution in [-0.2, 0) is 10.0 Å². The fourth-order valence-corrected chi connectivity index (χ4v) is 3.84. The molecule has 0 aliphatic carbocycles. The van der Waals surface area contributed by atoms with Crippen LogP contribution in [0.2, 0.25) is 0 Å². The van der Waals surface area contributed by atoms with Gasteiger partial charge < -0.3 is 0 Å². The van der Waals surface area contributed by atoms with Gasteiger partial charge in [-0.3, -0.25) is 0 Å². The van der Waals surface area contributed by atoms with E-state index in [0.717, 1.165) is 23.7 Å². The lowest BCUT2D eigenvalue weighted by Crippen LogP contribution is -2.38. The molecule has 1 rings (SSSR count). The SMILES string of the molecule is CCCCN(C(C)CC)S(=O)(=O)c1ccc(Br)cc1. The maximum atomic E-state index is 12.7. The van der Waals surface area contributed by atoms with E-state index in [9.17, 15) is 8.42 Å². The molecular formula is C14H22BrNO2S. The molecule has 1 aromatic carbocycles. The minimum Gasteiger partial charge on any atom is -0.207 e. The summed E-state index contributed by atoms with van der Waals surface area (Å²) in [6, 6.07) is 6.87.